The van der Waals surface area contributed by atoms with Gasteiger partial charge in [-0.05, 0) is 24.1 Å². The van der Waals surface area contributed by atoms with E-state index in [1.54, 1.807) is 12.1 Å². The van der Waals surface area contributed by atoms with Crippen LogP contribution in [0, 0.1) is 5.82 Å². The molecular formula is C11H14ClFIN3. The van der Waals surface area contributed by atoms with Crippen LogP contribution in [0.2, 0.25) is 5.02 Å². The summed E-state index contributed by atoms with van der Waals surface area (Å²) in [5.41, 5.74) is 0.932. The number of rotatable bonds is 2. The molecule has 0 atom stereocenters. The molecule has 6 heteroatoms. The number of hydrogen-bond acceptors (Lipinski definition) is 3. The molecule has 0 spiro atoms. The maximum atomic E-state index is 12.9. The van der Waals surface area contributed by atoms with Gasteiger partial charge in [0.2, 0.25) is 0 Å². The van der Waals surface area contributed by atoms with Crippen molar-refractivity contribution in [1.82, 2.24) is 10.6 Å². The van der Waals surface area contributed by atoms with Crippen LogP contribution in [0.15, 0.2) is 23.2 Å². The molecule has 1 heterocycles. The Morgan fingerprint density at radius 2 is 2.29 bits per heavy atom. The van der Waals surface area contributed by atoms with E-state index in [1.165, 1.54) is 6.07 Å². The smallest absolute Gasteiger partial charge is 0.191 e. The Hall–Kier alpha value is -0.560. The number of benzene rings is 1. The summed E-state index contributed by atoms with van der Waals surface area (Å²) in [7, 11) is 0. The topological polar surface area (TPSA) is 36.4 Å². The van der Waals surface area contributed by atoms with Gasteiger partial charge in [-0.3, -0.25) is 4.99 Å². The van der Waals surface area contributed by atoms with E-state index in [4.69, 9.17) is 11.6 Å². The largest absolute Gasteiger partial charge is 0.356 e. The second-order valence-electron chi connectivity index (χ2n) is 3.61. The quantitative estimate of drug-likeness (QED) is 0.786. The molecule has 17 heavy (non-hydrogen) atoms. The van der Waals surface area contributed by atoms with Gasteiger partial charge in [-0.15, -0.1) is 24.0 Å². The zero-order valence-corrected chi connectivity index (χ0v) is 12.3. The fourth-order valence-electron chi connectivity index (χ4n) is 1.49. The second-order valence-corrected chi connectivity index (χ2v) is 4.02. The predicted molar refractivity (Wildman–Crippen MR) is 78.6 cm³/mol. The molecule has 1 aliphatic heterocycles. The minimum absolute atomic E-state index is 0. The van der Waals surface area contributed by atoms with Crippen LogP contribution in [0.4, 0.5) is 4.39 Å². The van der Waals surface area contributed by atoms with E-state index in [9.17, 15) is 4.39 Å². The minimum Gasteiger partial charge on any atom is -0.356 e. The molecule has 0 bridgehead atoms. The van der Waals surface area contributed by atoms with Crippen molar-refractivity contribution >= 4 is 41.5 Å². The maximum Gasteiger partial charge on any atom is 0.191 e. The normalized spacial score (nSPS) is 14.4. The lowest BCUT2D eigenvalue weighted by molar-refractivity contribution is 0.627. The van der Waals surface area contributed by atoms with Gasteiger partial charge in [0.15, 0.2) is 5.96 Å². The number of nitrogens with zero attached hydrogens (tertiary/aromatic N) is 1. The van der Waals surface area contributed by atoms with Crippen LogP contribution in [-0.2, 0) is 6.54 Å². The van der Waals surface area contributed by atoms with Crippen molar-refractivity contribution < 1.29 is 4.39 Å². The Morgan fingerprint density at radius 3 is 2.94 bits per heavy atom. The Kier molecular flexibility index (Phi) is 5.97. The summed E-state index contributed by atoms with van der Waals surface area (Å²) in [4.78, 5) is 4.27. The highest BCUT2D eigenvalue weighted by atomic mass is 127. The van der Waals surface area contributed by atoms with Gasteiger partial charge >= 0.3 is 0 Å². The van der Waals surface area contributed by atoms with Crippen LogP contribution in [0.5, 0.6) is 0 Å². The van der Waals surface area contributed by atoms with Crippen molar-refractivity contribution in [3.05, 3.63) is 34.6 Å². The van der Waals surface area contributed by atoms with Crippen molar-refractivity contribution in [2.75, 3.05) is 13.1 Å². The van der Waals surface area contributed by atoms with E-state index in [0.717, 1.165) is 31.0 Å². The maximum absolute atomic E-state index is 12.9. The number of guanidine groups is 1. The highest BCUT2D eigenvalue weighted by Crippen LogP contribution is 2.15. The van der Waals surface area contributed by atoms with Gasteiger partial charge in [-0.25, -0.2) is 4.39 Å². The summed E-state index contributed by atoms with van der Waals surface area (Å²) < 4.78 is 12.9. The first-order valence-electron chi connectivity index (χ1n) is 5.22. The van der Waals surface area contributed by atoms with Gasteiger partial charge in [-0.1, -0.05) is 17.7 Å². The highest BCUT2D eigenvalue weighted by Gasteiger charge is 2.04. The number of halogens is 3. The van der Waals surface area contributed by atoms with E-state index < -0.39 is 5.82 Å². The summed E-state index contributed by atoms with van der Waals surface area (Å²) in [5.74, 6) is 0.408. The lowest BCUT2D eigenvalue weighted by atomic mass is 10.2. The molecule has 1 aromatic carbocycles. The third kappa shape index (κ3) is 4.31. The molecule has 0 fully saturated rings. The molecular weight excluding hydrogens is 355 g/mol. The average molecular weight is 370 g/mol. The van der Waals surface area contributed by atoms with Crippen LogP contribution in [0.3, 0.4) is 0 Å². The Labute approximate surface area is 122 Å². The van der Waals surface area contributed by atoms with Crippen LogP contribution in [0.1, 0.15) is 12.0 Å². The predicted octanol–water partition coefficient (Wildman–Crippen LogP) is 2.54. The van der Waals surface area contributed by atoms with Gasteiger partial charge in [-0.2, -0.15) is 0 Å². The number of hydrogen-bond donors (Lipinski definition) is 2. The molecule has 0 unspecified atom stereocenters. The van der Waals surface area contributed by atoms with Crippen molar-refractivity contribution in [1.29, 1.82) is 0 Å². The van der Waals surface area contributed by atoms with E-state index in [0.29, 0.717) is 6.54 Å². The fourth-order valence-corrected chi connectivity index (χ4v) is 1.69. The molecule has 3 nitrogen and oxygen atoms in total. The summed E-state index contributed by atoms with van der Waals surface area (Å²) in [6, 6.07) is 4.69. The van der Waals surface area contributed by atoms with E-state index in [1.807, 2.05) is 0 Å². The highest BCUT2D eigenvalue weighted by molar-refractivity contribution is 14.0. The molecule has 2 rings (SSSR count). The molecule has 0 amide bonds. The van der Waals surface area contributed by atoms with Gasteiger partial charge in [0.1, 0.15) is 5.82 Å². The number of aliphatic imine (C=N–C) groups is 1. The molecule has 0 aromatic heterocycles. The van der Waals surface area contributed by atoms with E-state index >= 15 is 0 Å². The summed E-state index contributed by atoms with van der Waals surface area (Å²) in [6.45, 7) is 2.38. The lowest BCUT2D eigenvalue weighted by Crippen LogP contribution is -2.40. The summed E-state index contributed by atoms with van der Waals surface area (Å²) in [5, 5.41) is 6.44. The molecule has 1 aliphatic rings. The van der Waals surface area contributed by atoms with Crippen LogP contribution in [-0.4, -0.2) is 19.0 Å². The SMILES string of the molecule is Fc1ccc(CNC2=NCCCN2)cc1Cl.I. The number of nitrogens with one attached hydrogen (secondary N) is 2. The Balaban J connectivity index is 0.00000144. The molecule has 94 valence electrons. The third-order valence-electron chi connectivity index (χ3n) is 2.34. The van der Waals surface area contributed by atoms with Gasteiger partial charge in [0.25, 0.3) is 0 Å². The molecule has 1 aromatic rings. The van der Waals surface area contributed by atoms with Gasteiger partial charge < -0.3 is 10.6 Å². The lowest BCUT2D eigenvalue weighted by Gasteiger charge is -2.16. The van der Waals surface area contributed by atoms with Crippen LogP contribution in [0.25, 0.3) is 0 Å². The zero-order chi connectivity index (χ0) is 11.4. The Morgan fingerprint density at radius 1 is 1.47 bits per heavy atom. The molecule has 2 N–H and O–H groups in total. The van der Waals surface area contributed by atoms with Crippen molar-refractivity contribution in [3.63, 3.8) is 0 Å². The van der Waals surface area contributed by atoms with Gasteiger partial charge in [0.05, 0.1) is 5.02 Å². The molecule has 0 radical (unpaired) electrons. The minimum atomic E-state index is -0.390. The van der Waals surface area contributed by atoms with Crippen molar-refractivity contribution in [3.8, 4) is 0 Å². The van der Waals surface area contributed by atoms with Crippen LogP contribution >= 0.6 is 35.6 Å². The zero-order valence-electron chi connectivity index (χ0n) is 9.17. The van der Waals surface area contributed by atoms with Crippen molar-refractivity contribution in [2.45, 2.75) is 13.0 Å². The summed E-state index contributed by atoms with van der Waals surface area (Å²) >= 11 is 5.69. The first-order valence-corrected chi connectivity index (χ1v) is 5.59. The summed E-state index contributed by atoms with van der Waals surface area (Å²) in [6.07, 6.45) is 1.06. The van der Waals surface area contributed by atoms with E-state index in [2.05, 4.69) is 15.6 Å². The molecule has 0 saturated heterocycles. The third-order valence-corrected chi connectivity index (χ3v) is 2.63. The Bertz CT molecular complexity index is 412. The van der Waals surface area contributed by atoms with E-state index in [-0.39, 0.29) is 29.0 Å². The molecule has 0 saturated carbocycles. The van der Waals surface area contributed by atoms with Crippen molar-refractivity contribution in [2.24, 2.45) is 4.99 Å². The molecule has 0 aliphatic carbocycles. The van der Waals surface area contributed by atoms with Gasteiger partial charge in [0, 0.05) is 19.6 Å². The first kappa shape index (κ1) is 14.5. The fraction of sp³-hybridized carbons (Fsp3) is 0.364. The first-order chi connectivity index (χ1) is 7.75. The van der Waals surface area contributed by atoms with Crippen LogP contribution < -0.4 is 10.6 Å². The average Bonchev–Trinajstić information content (AvgIpc) is 2.32. The standard InChI is InChI=1S/C11H13ClFN3.HI/c12-9-6-8(2-3-10(9)13)7-16-11-14-4-1-5-15-11;/h2-3,6H,1,4-5,7H2,(H2,14,15,16);1H. The monoisotopic (exact) mass is 369 g/mol. The second kappa shape index (κ2) is 7.00.